The highest BCUT2D eigenvalue weighted by molar-refractivity contribution is 9.10. The van der Waals surface area contributed by atoms with Crippen LogP contribution in [0.4, 0.5) is 0 Å². The highest BCUT2D eigenvalue weighted by Gasteiger charge is 2.07. The summed E-state index contributed by atoms with van der Waals surface area (Å²) >= 11 is 3.60. The molecule has 19 heavy (non-hydrogen) atoms. The molecule has 2 aromatic rings. The lowest BCUT2D eigenvalue weighted by Crippen LogP contribution is -2.20. The molecule has 2 rings (SSSR count). The number of hydrogen-bond acceptors (Lipinski definition) is 2. The van der Waals surface area contributed by atoms with Gasteiger partial charge in [-0.3, -0.25) is 0 Å². The summed E-state index contributed by atoms with van der Waals surface area (Å²) in [7, 11) is 0. The van der Waals surface area contributed by atoms with Crippen LogP contribution in [-0.4, -0.2) is 16.1 Å². The fourth-order valence-corrected chi connectivity index (χ4v) is 2.72. The predicted octanol–water partition coefficient (Wildman–Crippen LogP) is 3.78. The van der Waals surface area contributed by atoms with Gasteiger partial charge in [-0.2, -0.15) is 0 Å². The van der Waals surface area contributed by atoms with Crippen molar-refractivity contribution in [2.24, 2.45) is 0 Å². The number of nitrogens with one attached hydrogen (secondary N) is 1. The van der Waals surface area contributed by atoms with Crippen molar-refractivity contribution in [3.05, 3.63) is 53.0 Å². The fourth-order valence-electron chi connectivity index (χ4n) is 2.09. The van der Waals surface area contributed by atoms with E-state index in [0.717, 1.165) is 13.1 Å². The Morgan fingerprint density at radius 2 is 2.16 bits per heavy atom. The van der Waals surface area contributed by atoms with Gasteiger partial charge in [0.1, 0.15) is 0 Å². The van der Waals surface area contributed by atoms with Gasteiger partial charge in [-0.05, 0) is 37.9 Å². The molecule has 1 unspecified atom stereocenters. The normalized spacial score (nSPS) is 12.5. The smallest absolute Gasteiger partial charge is 0.0945 e. The summed E-state index contributed by atoms with van der Waals surface area (Å²) in [4.78, 5) is 4.04. The number of aryl methyl sites for hydroxylation is 1. The van der Waals surface area contributed by atoms with Crippen molar-refractivity contribution >= 4 is 15.9 Å². The lowest BCUT2D eigenvalue weighted by molar-refractivity contribution is 0.522. The minimum atomic E-state index is 0.379. The summed E-state index contributed by atoms with van der Waals surface area (Å²) in [6, 6.07) is 8.76. The van der Waals surface area contributed by atoms with Crippen LogP contribution in [-0.2, 0) is 6.54 Å². The van der Waals surface area contributed by atoms with Crippen LogP contribution in [0.2, 0.25) is 0 Å². The minimum Gasteiger partial charge on any atom is -0.337 e. The lowest BCUT2D eigenvalue weighted by Gasteiger charge is -2.15. The second-order valence-electron chi connectivity index (χ2n) is 4.70. The third kappa shape index (κ3) is 4.48. The van der Waals surface area contributed by atoms with Crippen LogP contribution >= 0.6 is 15.9 Å². The number of aromatic nitrogens is 2. The molecule has 0 saturated carbocycles. The molecule has 0 spiro atoms. The van der Waals surface area contributed by atoms with Gasteiger partial charge in [-0.1, -0.05) is 34.1 Å². The van der Waals surface area contributed by atoms with Crippen LogP contribution in [0.3, 0.4) is 0 Å². The Kier molecular flexibility index (Phi) is 5.61. The number of nitrogens with zero attached hydrogens (tertiary/aromatic N) is 2. The van der Waals surface area contributed by atoms with Gasteiger partial charge in [0.15, 0.2) is 0 Å². The number of benzene rings is 1. The Morgan fingerprint density at radius 1 is 1.32 bits per heavy atom. The van der Waals surface area contributed by atoms with E-state index in [1.54, 1.807) is 0 Å². The Balaban J connectivity index is 1.67. The third-order valence-electron chi connectivity index (χ3n) is 3.22. The molecule has 1 aromatic heterocycles. The zero-order valence-electron chi connectivity index (χ0n) is 11.2. The molecule has 3 nitrogen and oxygen atoms in total. The van der Waals surface area contributed by atoms with E-state index >= 15 is 0 Å². The molecule has 1 heterocycles. The molecule has 1 aromatic carbocycles. The first-order chi connectivity index (χ1) is 9.27. The maximum atomic E-state index is 4.04. The van der Waals surface area contributed by atoms with Crippen molar-refractivity contribution in [3.8, 4) is 0 Å². The quantitative estimate of drug-likeness (QED) is 0.786. The Bertz CT molecular complexity index is 482. The summed E-state index contributed by atoms with van der Waals surface area (Å²) in [5.74, 6) is 0. The molecular formula is C15H20BrN3. The van der Waals surface area contributed by atoms with Crippen molar-refractivity contribution in [3.63, 3.8) is 0 Å². The molecule has 102 valence electrons. The Morgan fingerprint density at radius 3 is 2.89 bits per heavy atom. The van der Waals surface area contributed by atoms with Gasteiger partial charge in [-0.15, -0.1) is 0 Å². The molecule has 0 bridgehead atoms. The van der Waals surface area contributed by atoms with Gasteiger partial charge in [0.25, 0.3) is 0 Å². The van der Waals surface area contributed by atoms with Crippen LogP contribution in [0.5, 0.6) is 0 Å². The van der Waals surface area contributed by atoms with E-state index < -0.39 is 0 Å². The van der Waals surface area contributed by atoms with Gasteiger partial charge in [-0.25, -0.2) is 4.98 Å². The molecule has 0 aliphatic carbocycles. The van der Waals surface area contributed by atoms with Crippen molar-refractivity contribution in [1.29, 1.82) is 0 Å². The maximum absolute atomic E-state index is 4.04. The molecule has 4 heteroatoms. The number of unbranched alkanes of at least 4 members (excludes halogenated alkanes) is 1. The van der Waals surface area contributed by atoms with E-state index in [9.17, 15) is 0 Å². The highest BCUT2D eigenvalue weighted by Crippen LogP contribution is 2.22. The van der Waals surface area contributed by atoms with E-state index in [4.69, 9.17) is 0 Å². The summed E-state index contributed by atoms with van der Waals surface area (Å²) in [5, 5.41) is 3.56. The molecule has 1 atom stereocenters. The number of hydrogen-bond donors (Lipinski definition) is 1. The largest absolute Gasteiger partial charge is 0.337 e. The van der Waals surface area contributed by atoms with E-state index in [2.05, 4.69) is 55.9 Å². The average molecular weight is 322 g/mol. The number of halogens is 1. The summed E-state index contributed by atoms with van der Waals surface area (Å²) in [6.07, 6.45) is 8.06. The molecule has 0 fully saturated rings. The molecular weight excluding hydrogens is 302 g/mol. The third-order valence-corrected chi connectivity index (χ3v) is 3.95. The minimum absolute atomic E-state index is 0.379. The molecule has 0 amide bonds. The predicted molar refractivity (Wildman–Crippen MR) is 82.0 cm³/mol. The van der Waals surface area contributed by atoms with Gasteiger partial charge in [0.2, 0.25) is 0 Å². The Labute approximate surface area is 123 Å². The SMILES string of the molecule is CC(NCCCCn1ccnc1)c1ccccc1Br. The molecule has 0 saturated heterocycles. The molecule has 0 radical (unpaired) electrons. The molecule has 0 aliphatic heterocycles. The van der Waals surface area contributed by atoms with E-state index in [1.807, 2.05) is 24.8 Å². The van der Waals surface area contributed by atoms with Crippen molar-refractivity contribution in [2.75, 3.05) is 6.54 Å². The zero-order chi connectivity index (χ0) is 13.5. The van der Waals surface area contributed by atoms with Crippen molar-refractivity contribution in [1.82, 2.24) is 14.9 Å². The van der Waals surface area contributed by atoms with E-state index in [1.165, 1.54) is 22.9 Å². The first-order valence-corrected chi connectivity index (χ1v) is 7.50. The van der Waals surface area contributed by atoms with Crippen LogP contribution in [0.15, 0.2) is 47.5 Å². The molecule has 0 aliphatic rings. The Hall–Kier alpha value is -1.13. The number of imidazole rings is 1. The summed E-state index contributed by atoms with van der Waals surface area (Å²) in [5.41, 5.74) is 1.32. The van der Waals surface area contributed by atoms with E-state index in [0.29, 0.717) is 6.04 Å². The summed E-state index contributed by atoms with van der Waals surface area (Å²) < 4.78 is 3.30. The van der Waals surface area contributed by atoms with Gasteiger partial charge in [0.05, 0.1) is 6.33 Å². The van der Waals surface area contributed by atoms with Gasteiger partial charge >= 0.3 is 0 Å². The van der Waals surface area contributed by atoms with Crippen LogP contribution in [0.25, 0.3) is 0 Å². The first-order valence-electron chi connectivity index (χ1n) is 6.71. The highest BCUT2D eigenvalue weighted by atomic mass is 79.9. The lowest BCUT2D eigenvalue weighted by atomic mass is 10.1. The summed E-state index contributed by atoms with van der Waals surface area (Å²) in [6.45, 7) is 4.29. The van der Waals surface area contributed by atoms with E-state index in [-0.39, 0.29) is 0 Å². The molecule has 1 N–H and O–H groups in total. The second-order valence-corrected chi connectivity index (χ2v) is 5.56. The van der Waals surface area contributed by atoms with Crippen LogP contribution < -0.4 is 5.32 Å². The monoisotopic (exact) mass is 321 g/mol. The number of rotatable bonds is 7. The topological polar surface area (TPSA) is 29.9 Å². The fraction of sp³-hybridized carbons (Fsp3) is 0.400. The van der Waals surface area contributed by atoms with Gasteiger partial charge < -0.3 is 9.88 Å². The first kappa shape index (κ1) is 14.3. The average Bonchev–Trinajstić information content (AvgIpc) is 2.92. The van der Waals surface area contributed by atoms with Crippen LogP contribution in [0, 0.1) is 0 Å². The zero-order valence-corrected chi connectivity index (χ0v) is 12.8. The van der Waals surface area contributed by atoms with Gasteiger partial charge in [0, 0.05) is 29.5 Å². The van der Waals surface area contributed by atoms with Crippen LogP contribution in [0.1, 0.15) is 31.4 Å². The second kappa shape index (κ2) is 7.46. The van der Waals surface area contributed by atoms with Crippen molar-refractivity contribution < 1.29 is 0 Å². The maximum Gasteiger partial charge on any atom is 0.0945 e. The van der Waals surface area contributed by atoms with Crippen molar-refractivity contribution in [2.45, 2.75) is 32.4 Å². The standard InChI is InChI=1S/C15H20BrN3/c1-13(14-6-2-3-7-15(14)16)18-8-4-5-10-19-11-9-17-12-19/h2-3,6-7,9,11-13,18H,4-5,8,10H2,1H3.